The lowest BCUT2D eigenvalue weighted by atomic mass is 9.95. The van der Waals surface area contributed by atoms with Crippen molar-refractivity contribution in [3.8, 4) is 0 Å². The first-order valence-corrected chi connectivity index (χ1v) is 10.1. The van der Waals surface area contributed by atoms with Crippen molar-refractivity contribution in [2.45, 2.75) is 44.2 Å². The molecule has 2 amide bonds. The number of carbonyl (C=O) groups is 2. The molecule has 3 aliphatic rings. The van der Waals surface area contributed by atoms with Crippen LogP contribution in [0.4, 0.5) is 4.39 Å². The van der Waals surface area contributed by atoms with Gasteiger partial charge in [0.15, 0.2) is 0 Å². The zero-order chi connectivity index (χ0) is 20.2. The smallest absolute Gasteiger partial charge is 0.455 e. The van der Waals surface area contributed by atoms with Gasteiger partial charge >= 0.3 is 5.91 Å². The van der Waals surface area contributed by atoms with E-state index in [4.69, 9.17) is 4.74 Å². The molecule has 1 atom stereocenters. The highest BCUT2D eigenvalue weighted by Crippen LogP contribution is 2.21. The molecule has 0 bridgehead atoms. The summed E-state index contributed by atoms with van der Waals surface area (Å²) >= 11 is 0. The van der Waals surface area contributed by atoms with Crippen LogP contribution in [0, 0.1) is 5.82 Å². The summed E-state index contributed by atoms with van der Waals surface area (Å²) in [7, 11) is 0. The van der Waals surface area contributed by atoms with Gasteiger partial charge in [-0.3, -0.25) is 4.79 Å². The van der Waals surface area contributed by atoms with Gasteiger partial charge in [0.05, 0.1) is 0 Å². The van der Waals surface area contributed by atoms with Crippen molar-refractivity contribution in [1.82, 2.24) is 5.32 Å². The molecule has 150 valence electrons. The Labute approximate surface area is 169 Å². The lowest BCUT2D eigenvalue weighted by Gasteiger charge is -2.24. The Kier molecular flexibility index (Phi) is 5.69. The van der Waals surface area contributed by atoms with Crippen molar-refractivity contribution in [3.63, 3.8) is 0 Å². The number of benzene rings is 1. The van der Waals surface area contributed by atoms with Crippen molar-refractivity contribution in [2.75, 3.05) is 6.54 Å². The average molecular weight is 395 g/mol. The van der Waals surface area contributed by atoms with Crippen LogP contribution < -0.4 is 5.32 Å². The minimum atomic E-state index is -0.438. The van der Waals surface area contributed by atoms with Crippen LogP contribution in [-0.4, -0.2) is 40.8 Å². The molecular formula is C23H24FN2O3+. The zero-order valence-corrected chi connectivity index (χ0v) is 16.1. The van der Waals surface area contributed by atoms with E-state index in [2.05, 4.69) is 5.32 Å². The van der Waals surface area contributed by atoms with Crippen LogP contribution in [0.15, 0.2) is 54.3 Å². The first-order chi connectivity index (χ1) is 14.1. The minimum absolute atomic E-state index is 0.0521. The summed E-state index contributed by atoms with van der Waals surface area (Å²) in [5.74, 6) is -0.752. The number of amides is 2. The number of nitrogens with zero attached hydrogens (tertiary/aromatic N) is 1. The summed E-state index contributed by atoms with van der Waals surface area (Å²) in [6, 6.07) is 6.00. The number of rotatable bonds is 4. The Morgan fingerprint density at radius 3 is 2.69 bits per heavy atom. The highest BCUT2D eigenvalue weighted by atomic mass is 19.1. The standard InChI is InChI=1S/C23H23FN2O3/c24-17-12-10-16(11-13-17)14-21-23(28)26(19-8-4-5-9-20(19)29-21)15-22(27)25-18-6-2-1-3-7-18/h4-5,8-14,18,20H,1-3,6-7,15H2/p+1/b21-14+. The van der Waals surface area contributed by atoms with E-state index in [0.29, 0.717) is 11.3 Å². The number of allylic oxidation sites excluding steroid dienone is 2. The van der Waals surface area contributed by atoms with E-state index in [1.165, 1.54) is 23.1 Å². The first-order valence-electron chi connectivity index (χ1n) is 10.1. The number of ether oxygens (including phenoxy) is 1. The quantitative estimate of drug-likeness (QED) is 0.630. The molecule has 0 radical (unpaired) electrons. The topological polar surface area (TPSA) is 58.4 Å². The molecule has 1 saturated carbocycles. The van der Waals surface area contributed by atoms with Crippen molar-refractivity contribution in [1.29, 1.82) is 0 Å². The Bertz CT molecular complexity index is 922. The van der Waals surface area contributed by atoms with Crippen molar-refractivity contribution in [2.24, 2.45) is 0 Å². The van der Waals surface area contributed by atoms with E-state index in [9.17, 15) is 14.0 Å². The molecule has 5 nitrogen and oxygen atoms in total. The van der Waals surface area contributed by atoms with Gasteiger partial charge in [-0.1, -0.05) is 43.5 Å². The summed E-state index contributed by atoms with van der Waals surface area (Å²) in [5.41, 5.74) is 1.30. The molecule has 29 heavy (non-hydrogen) atoms. The van der Waals surface area contributed by atoms with E-state index < -0.39 is 6.10 Å². The van der Waals surface area contributed by atoms with Crippen LogP contribution in [0.25, 0.3) is 6.08 Å². The largest absolute Gasteiger partial charge is 0.465 e. The average Bonchev–Trinajstić information content (AvgIpc) is 2.73. The second kappa shape index (κ2) is 8.55. The molecule has 1 N–H and O–H groups in total. The summed E-state index contributed by atoms with van der Waals surface area (Å²) in [6.45, 7) is -0.0521. The second-order valence-corrected chi connectivity index (χ2v) is 7.56. The fourth-order valence-corrected chi connectivity index (χ4v) is 3.93. The van der Waals surface area contributed by atoms with Crippen LogP contribution in [0.2, 0.25) is 0 Å². The van der Waals surface area contributed by atoms with Crippen LogP contribution in [0.1, 0.15) is 37.7 Å². The molecular weight excluding hydrogens is 371 g/mol. The molecule has 6 heteroatoms. The summed E-state index contributed by atoms with van der Waals surface area (Å²) in [5, 5.41) is 3.06. The number of nitrogens with one attached hydrogen (secondary N) is 1. The van der Waals surface area contributed by atoms with Crippen LogP contribution in [-0.2, 0) is 14.3 Å². The van der Waals surface area contributed by atoms with Crippen LogP contribution in [0.5, 0.6) is 0 Å². The monoisotopic (exact) mass is 395 g/mol. The third-order valence-electron chi connectivity index (χ3n) is 5.42. The molecule has 4 rings (SSSR count). The fourth-order valence-electron chi connectivity index (χ4n) is 3.93. The van der Waals surface area contributed by atoms with Gasteiger partial charge in [0, 0.05) is 12.1 Å². The SMILES string of the molecule is O=C(C[N+]1=C2C=CC=CC2O/C(=C/c2ccc(F)cc2)C1=O)NC1CCCCC1. The maximum Gasteiger partial charge on any atom is 0.455 e. The first kappa shape index (κ1) is 19.3. The molecule has 1 unspecified atom stereocenters. The van der Waals surface area contributed by atoms with E-state index in [0.717, 1.165) is 25.7 Å². The third-order valence-corrected chi connectivity index (χ3v) is 5.42. The van der Waals surface area contributed by atoms with Crippen LogP contribution >= 0.6 is 0 Å². The van der Waals surface area contributed by atoms with Gasteiger partial charge in [0.25, 0.3) is 5.91 Å². The molecule has 2 aliphatic carbocycles. The maximum absolute atomic E-state index is 13.2. The Morgan fingerprint density at radius 2 is 1.93 bits per heavy atom. The Balaban J connectivity index is 1.57. The summed E-state index contributed by atoms with van der Waals surface area (Å²) in [6.07, 6.45) is 13.9. The molecule has 1 aromatic carbocycles. The highest BCUT2D eigenvalue weighted by molar-refractivity contribution is 6.06. The molecule has 1 fully saturated rings. The van der Waals surface area contributed by atoms with Gasteiger partial charge in [-0.2, -0.15) is 0 Å². The van der Waals surface area contributed by atoms with Crippen molar-refractivity contribution < 1.29 is 23.3 Å². The van der Waals surface area contributed by atoms with Gasteiger partial charge in [0.2, 0.25) is 24.1 Å². The molecule has 0 aromatic heterocycles. The predicted molar refractivity (Wildman–Crippen MR) is 108 cm³/mol. The number of hydrogen-bond acceptors (Lipinski definition) is 3. The predicted octanol–water partition coefficient (Wildman–Crippen LogP) is 3.12. The molecule has 1 heterocycles. The second-order valence-electron chi connectivity index (χ2n) is 7.56. The van der Waals surface area contributed by atoms with E-state index in [1.807, 2.05) is 18.2 Å². The van der Waals surface area contributed by atoms with E-state index in [-0.39, 0.29) is 36.0 Å². The van der Waals surface area contributed by atoms with Gasteiger partial charge < -0.3 is 10.1 Å². The summed E-state index contributed by atoms with van der Waals surface area (Å²) < 4.78 is 20.5. The van der Waals surface area contributed by atoms with Gasteiger partial charge in [-0.25, -0.2) is 9.18 Å². The lowest BCUT2D eigenvalue weighted by molar-refractivity contribution is -0.443. The zero-order valence-electron chi connectivity index (χ0n) is 16.1. The van der Waals surface area contributed by atoms with Crippen molar-refractivity contribution in [3.05, 3.63) is 65.7 Å². The number of hydrogen-bond donors (Lipinski definition) is 1. The highest BCUT2D eigenvalue weighted by Gasteiger charge is 2.40. The summed E-state index contributed by atoms with van der Waals surface area (Å²) in [4.78, 5) is 25.7. The minimum Gasteiger partial charge on any atom is -0.465 e. The maximum atomic E-state index is 13.2. The van der Waals surface area contributed by atoms with Gasteiger partial charge in [-0.05, 0) is 42.7 Å². The molecule has 1 aliphatic heterocycles. The number of halogens is 1. The van der Waals surface area contributed by atoms with Crippen molar-refractivity contribution >= 4 is 23.6 Å². The Morgan fingerprint density at radius 1 is 1.17 bits per heavy atom. The lowest BCUT2D eigenvalue weighted by Crippen LogP contribution is -2.48. The molecule has 0 saturated heterocycles. The van der Waals surface area contributed by atoms with E-state index >= 15 is 0 Å². The fraction of sp³-hybridized carbons (Fsp3) is 0.348. The molecule has 1 aromatic rings. The number of carbonyl (C=O) groups excluding carboxylic acids is 2. The van der Waals surface area contributed by atoms with Gasteiger partial charge in [0.1, 0.15) is 5.82 Å². The van der Waals surface area contributed by atoms with E-state index in [1.54, 1.807) is 24.3 Å². The van der Waals surface area contributed by atoms with Crippen LogP contribution in [0.3, 0.4) is 0 Å². The normalized spacial score (nSPS) is 23.1. The third kappa shape index (κ3) is 4.53. The Hall–Kier alpha value is -3.02. The number of fused-ring (bicyclic) bond motifs is 1. The molecule has 0 spiro atoms. The van der Waals surface area contributed by atoms with Gasteiger partial charge in [-0.15, -0.1) is 4.58 Å².